The molecule has 0 bridgehead atoms. The number of nitrogen functional groups attached to an aromatic ring is 1. The predicted octanol–water partition coefficient (Wildman–Crippen LogP) is 3.39. The predicted molar refractivity (Wildman–Crippen MR) is 96.7 cm³/mol. The number of nitrogens with two attached hydrogens (primary N) is 1. The molecule has 1 aromatic carbocycles. The molecule has 0 spiro atoms. The normalized spacial score (nSPS) is 14.8. The van der Waals surface area contributed by atoms with Crippen molar-refractivity contribution in [3.05, 3.63) is 47.7 Å². The number of sulfone groups is 1. The van der Waals surface area contributed by atoms with Crippen LogP contribution in [0.15, 0.2) is 40.1 Å². The van der Waals surface area contributed by atoms with Gasteiger partial charge in [0, 0.05) is 0 Å². The molecule has 8 heteroatoms. The number of nitrogens with one attached hydrogen (secondary N) is 1. The molecule has 26 heavy (non-hydrogen) atoms. The second-order valence-electron chi connectivity index (χ2n) is 6.29. The van der Waals surface area contributed by atoms with Gasteiger partial charge in [0.15, 0.2) is 0 Å². The number of H-pyrrole nitrogens is 1. The first kappa shape index (κ1) is 16.7. The molecule has 4 rings (SSSR count). The van der Waals surface area contributed by atoms with Gasteiger partial charge in [-0.25, -0.2) is 22.8 Å². The van der Waals surface area contributed by atoms with Gasteiger partial charge in [-0.05, 0) is 50.0 Å². The van der Waals surface area contributed by atoms with Gasteiger partial charge in [0.1, 0.15) is 27.9 Å². The van der Waals surface area contributed by atoms with Gasteiger partial charge in [-0.2, -0.15) is 0 Å². The lowest BCUT2D eigenvalue weighted by atomic mass is 10.1. The number of allylic oxidation sites excluding steroid dienone is 2. The third kappa shape index (κ3) is 2.57. The maximum atomic E-state index is 13.5. The van der Waals surface area contributed by atoms with E-state index in [4.69, 9.17) is 5.73 Å². The molecule has 3 aromatic rings. The summed E-state index contributed by atoms with van der Waals surface area (Å²) in [5, 5.41) is 0. The summed E-state index contributed by atoms with van der Waals surface area (Å²) in [4.78, 5) is 11.4. The summed E-state index contributed by atoms with van der Waals surface area (Å²) < 4.78 is 39.7. The zero-order valence-electron chi connectivity index (χ0n) is 14.1. The van der Waals surface area contributed by atoms with E-state index in [-0.39, 0.29) is 21.1 Å². The van der Waals surface area contributed by atoms with E-state index in [0.717, 1.165) is 30.9 Å². The molecule has 0 radical (unpaired) electrons. The lowest BCUT2D eigenvalue weighted by Crippen LogP contribution is -2.06. The minimum atomic E-state index is -4.04. The van der Waals surface area contributed by atoms with Crippen LogP contribution < -0.4 is 5.73 Å². The van der Waals surface area contributed by atoms with Gasteiger partial charge in [-0.1, -0.05) is 12.1 Å². The molecular weight excluding hydrogens is 355 g/mol. The second-order valence-corrected chi connectivity index (χ2v) is 8.18. The highest BCUT2D eigenvalue weighted by Crippen LogP contribution is 2.37. The van der Waals surface area contributed by atoms with Crippen LogP contribution in [-0.2, 0) is 9.84 Å². The Morgan fingerprint density at radius 3 is 2.77 bits per heavy atom. The van der Waals surface area contributed by atoms with Crippen molar-refractivity contribution in [2.24, 2.45) is 0 Å². The van der Waals surface area contributed by atoms with E-state index in [1.807, 2.05) is 0 Å². The molecular formula is C18H17FN4O2S. The van der Waals surface area contributed by atoms with E-state index in [2.05, 4.69) is 21.0 Å². The fourth-order valence-electron chi connectivity index (χ4n) is 3.32. The molecule has 2 heterocycles. The SMILES string of the molecule is Cc1nc(C2=CCCC2)c2[nH]c(N)c(S(=O)(=O)c3cccc(F)c3)c2n1. The van der Waals surface area contributed by atoms with Crippen LogP contribution in [0.4, 0.5) is 10.2 Å². The molecule has 3 N–H and O–H groups in total. The number of rotatable bonds is 3. The van der Waals surface area contributed by atoms with Crippen molar-refractivity contribution in [3.8, 4) is 0 Å². The van der Waals surface area contributed by atoms with E-state index >= 15 is 0 Å². The Morgan fingerprint density at radius 1 is 1.27 bits per heavy atom. The van der Waals surface area contributed by atoms with Crippen LogP contribution in [0.5, 0.6) is 0 Å². The molecule has 0 atom stereocenters. The number of nitrogens with zero attached hydrogens (tertiary/aromatic N) is 2. The Bertz CT molecular complexity index is 1170. The quantitative estimate of drug-likeness (QED) is 0.734. The molecule has 0 saturated heterocycles. The van der Waals surface area contributed by atoms with Gasteiger partial charge in [-0.3, -0.25) is 0 Å². The van der Waals surface area contributed by atoms with E-state index in [9.17, 15) is 12.8 Å². The monoisotopic (exact) mass is 372 g/mol. The Morgan fingerprint density at radius 2 is 2.08 bits per heavy atom. The van der Waals surface area contributed by atoms with Crippen LogP contribution in [0.3, 0.4) is 0 Å². The lowest BCUT2D eigenvalue weighted by Gasteiger charge is -2.07. The first-order chi connectivity index (χ1) is 12.4. The number of fused-ring (bicyclic) bond motifs is 1. The van der Waals surface area contributed by atoms with Crippen LogP contribution in [0.1, 0.15) is 30.8 Å². The van der Waals surface area contributed by atoms with Gasteiger partial charge < -0.3 is 10.7 Å². The summed E-state index contributed by atoms with van der Waals surface area (Å²) in [5.74, 6) is -0.203. The molecule has 0 saturated carbocycles. The summed E-state index contributed by atoms with van der Waals surface area (Å²) in [7, 11) is -4.04. The number of hydrogen-bond donors (Lipinski definition) is 2. The third-order valence-electron chi connectivity index (χ3n) is 4.46. The van der Waals surface area contributed by atoms with E-state index in [1.54, 1.807) is 6.92 Å². The molecule has 1 aliphatic rings. The Kier molecular flexibility index (Phi) is 3.80. The zero-order valence-corrected chi connectivity index (χ0v) is 14.9. The van der Waals surface area contributed by atoms with Gasteiger partial charge in [0.2, 0.25) is 9.84 Å². The van der Waals surface area contributed by atoms with Crippen molar-refractivity contribution in [2.45, 2.75) is 36.0 Å². The maximum Gasteiger partial charge on any atom is 0.212 e. The van der Waals surface area contributed by atoms with Crippen LogP contribution in [0.25, 0.3) is 16.6 Å². The average Bonchev–Trinajstić information content (AvgIpc) is 3.21. The molecule has 1 aliphatic carbocycles. The number of anilines is 1. The van der Waals surface area contributed by atoms with E-state index in [0.29, 0.717) is 17.0 Å². The molecule has 6 nitrogen and oxygen atoms in total. The fraction of sp³-hybridized carbons (Fsp3) is 0.222. The summed E-state index contributed by atoms with van der Waals surface area (Å²) in [6.07, 6.45) is 4.96. The first-order valence-corrected chi connectivity index (χ1v) is 9.72. The Balaban J connectivity index is 2.01. The van der Waals surface area contributed by atoms with Crippen molar-refractivity contribution < 1.29 is 12.8 Å². The molecule has 0 fully saturated rings. The van der Waals surface area contributed by atoms with Crippen molar-refractivity contribution in [1.29, 1.82) is 0 Å². The van der Waals surface area contributed by atoms with Gasteiger partial charge in [-0.15, -0.1) is 0 Å². The highest BCUT2D eigenvalue weighted by molar-refractivity contribution is 7.92. The average molecular weight is 372 g/mol. The first-order valence-electron chi connectivity index (χ1n) is 8.24. The van der Waals surface area contributed by atoms with Gasteiger partial charge >= 0.3 is 0 Å². The minimum Gasteiger partial charge on any atom is -0.384 e. The molecule has 0 amide bonds. The highest BCUT2D eigenvalue weighted by atomic mass is 32.2. The number of hydrogen-bond acceptors (Lipinski definition) is 5. The minimum absolute atomic E-state index is 0.0241. The van der Waals surface area contributed by atoms with Gasteiger partial charge in [0.05, 0.1) is 16.1 Å². The van der Waals surface area contributed by atoms with Crippen molar-refractivity contribution in [1.82, 2.24) is 15.0 Å². The van der Waals surface area contributed by atoms with Crippen LogP contribution in [-0.4, -0.2) is 23.4 Å². The fourth-order valence-corrected chi connectivity index (χ4v) is 4.82. The number of halogens is 1. The standard InChI is InChI=1S/C18H17FN4O2S/c1-10-21-14(11-5-2-3-6-11)15-16(22-10)17(18(20)23-15)26(24,25)13-8-4-7-12(19)9-13/h4-5,7-9,23H,2-3,6,20H2,1H3. The molecule has 134 valence electrons. The topological polar surface area (TPSA) is 102 Å². The highest BCUT2D eigenvalue weighted by Gasteiger charge is 2.29. The molecule has 0 unspecified atom stereocenters. The second kappa shape index (κ2) is 5.91. The molecule has 0 aliphatic heterocycles. The van der Waals surface area contributed by atoms with E-state index < -0.39 is 15.7 Å². The zero-order chi connectivity index (χ0) is 18.5. The summed E-state index contributed by atoms with van der Waals surface area (Å²) in [5.41, 5.74) is 8.48. The number of aromatic amines is 1. The van der Waals surface area contributed by atoms with Crippen molar-refractivity contribution >= 4 is 32.3 Å². The summed E-state index contributed by atoms with van der Waals surface area (Å²) in [6.45, 7) is 1.71. The van der Waals surface area contributed by atoms with Gasteiger partial charge in [0.25, 0.3) is 0 Å². The van der Waals surface area contributed by atoms with Crippen molar-refractivity contribution in [2.75, 3.05) is 5.73 Å². The third-order valence-corrected chi connectivity index (χ3v) is 6.29. The Hall–Kier alpha value is -2.74. The van der Waals surface area contributed by atoms with Crippen LogP contribution in [0, 0.1) is 12.7 Å². The maximum absolute atomic E-state index is 13.5. The molecule has 2 aromatic heterocycles. The summed E-state index contributed by atoms with van der Waals surface area (Å²) in [6, 6.07) is 4.85. The number of benzene rings is 1. The van der Waals surface area contributed by atoms with Crippen LogP contribution >= 0.6 is 0 Å². The largest absolute Gasteiger partial charge is 0.384 e. The number of aromatic nitrogens is 3. The summed E-state index contributed by atoms with van der Waals surface area (Å²) >= 11 is 0. The number of aryl methyl sites for hydroxylation is 1. The van der Waals surface area contributed by atoms with E-state index in [1.165, 1.54) is 18.2 Å². The van der Waals surface area contributed by atoms with Crippen LogP contribution in [0.2, 0.25) is 0 Å². The van der Waals surface area contributed by atoms with Crippen molar-refractivity contribution in [3.63, 3.8) is 0 Å². The Labute approximate surface area is 149 Å². The lowest BCUT2D eigenvalue weighted by molar-refractivity contribution is 0.592. The smallest absolute Gasteiger partial charge is 0.212 e.